The summed E-state index contributed by atoms with van der Waals surface area (Å²) in [6, 6.07) is 7.66. The fourth-order valence-electron chi connectivity index (χ4n) is 1.68. The number of nitrogens with one attached hydrogen (secondary N) is 1. The standard InChI is InChI=1S/C14H13FN2O2/c1-9-5-6-10(7-16-9)8-17-13-11(14(18)19)3-2-4-12(13)15/h2-7,17H,8H2,1H3,(H,18,19). The molecular formula is C14H13FN2O2. The lowest BCUT2D eigenvalue weighted by molar-refractivity contribution is 0.0697. The fraction of sp³-hybridized carbons (Fsp3) is 0.143. The van der Waals surface area contributed by atoms with Gasteiger partial charge in [-0.3, -0.25) is 4.98 Å². The van der Waals surface area contributed by atoms with Gasteiger partial charge in [0.25, 0.3) is 0 Å². The van der Waals surface area contributed by atoms with Crippen LogP contribution >= 0.6 is 0 Å². The van der Waals surface area contributed by atoms with Gasteiger partial charge in [0.1, 0.15) is 5.82 Å². The number of para-hydroxylation sites is 1. The maximum Gasteiger partial charge on any atom is 0.337 e. The molecule has 0 bridgehead atoms. The number of nitrogens with zero attached hydrogens (tertiary/aromatic N) is 1. The van der Waals surface area contributed by atoms with Gasteiger partial charge < -0.3 is 10.4 Å². The smallest absolute Gasteiger partial charge is 0.337 e. The van der Waals surface area contributed by atoms with Crippen molar-refractivity contribution in [2.45, 2.75) is 13.5 Å². The van der Waals surface area contributed by atoms with E-state index in [1.165, 1.54) is 18.2 Å². The van der Waals surface area contributed by atoms with E-state index in [0.29, 0.717) is 6.54 Å². The molecule has 0 saturated carbocycles. The van der Waals surface area contributed by atoms with E-state index in [-0.39, 0.29) is 11.3 Å². The summed E-state index contributed by atoms with van der Waals surface area (Å²) in [5.41, 5.74) is 1.65. The predicted molar refractivity (Wildman–Crippen MR) is 69.7 cm³/mol. The third-order valence-electron chi connectivity index (χ3n) is 2.69. The first kappa shape index (κ1) is 13.0. The zero-order chi connectivity index (χ0) is 13.8. The molecule has 2 aromatic rings. The first-order chi connectivity index (χ1) is 9.08. The number of pyridine rings is 1. The Kier molecular flexibility index (Phi) is 3.75. The molecule has 0 amide bonds. The number of rotatable bonds is 4. The highest BCUT2D eigenvalue weighted by Crippen LogP contribution is 2.20. The van der Waals surface area contributed by atoms with Gasteiger partial charge in [0.15, 0.2) is 0 Å². The molecule has 5 heteroatoms. The van der Waals surface area contributed by atoms with Crippen molar-refractivity contribution in [3.8, 4) is 0 Å². The second-order valence-corrected chi connectivity index (χ2v) is 4.13. The number of aromatic nitrogens is 1. The van der Waals surface area contributed by atoms with Crippen LogP contribution in [-0.4, -0.2) is 16.1 Å². The Morgan fingerprint density at radius 3 is 2.79 bits per heavy atom. The van der Waals surface area contributed by atoms with Crippen LogP contribution in [0.3, 0.4) is 0 Å². The summed E-state index contributed by atoms with van der Waals surface area (Å²) >= 11 is 0. The zero-order valence-corrected chi connectivity index (χ0v) is 10.4. The molecule has 98 valence electrons. The number of benzene rings is 1. The van der Waals surface area contributed by atoms with E-state index in [2.05, 4.69) is 10.3 Å². The fourth-order valence-corrected chi connectivity index (χ4v) is 1.68. The molecule has 0 aliphatic rings. The molecule has 0 atom stereocenters. The number of hydrogen-bond acceptors (Lipinski definition) is 3. The molecule has 2 N–H and O–H groups in total. The molecule has 19 heavy (non-hydrogen) atoms. The highest BCUT2D eigenvalue weighted by molar-refractivity contribution is 5.94. The van der Waals surface area contributed by atoms with Crippen LogP contribution in [0.2, 0.25) is 0 Å². The van der Waals surface area contributed by atoms with Crippen LogP contribution in [0, 0.1) is 12.7 Å². The van der Waals surface area contributed by atoms with E-state index >= 15 is 0 Å². The van der Waals surface area contributed by atoms with E-state index in [0.717, 1.165) is 11.3 Å². The van der Waals surface area contributed by atoms with E-state index in [1.807, 2.05) is 19.1 Å². The second-order valence-electron chi connectivity index (χ2n) is 4.13. The van der Waals surface area contributed by atoms with E-state index in [4.69, 9.17) is 5.11 Å². The van der Waals surface area contributed by atoms with Gasteiger partial charge in [0.05, 0.1) is 11.3 Å². The van der Waals surface area contributed by atoms with Crippen LogP contribution in [0.4, 0.5) is 10.1 Å². The highest BCUT2D eigenvalue weighted by Gasteiger charge is 2.13. The third-order valence-corrected chi connectivity index (χ3v) is 2.69. The topological polar surface area (TPSA) is 62.2 Å². The van der Waals surface area contributed by atoms with Gasteiger partial charge in [-0.2, -0.15) is 0 Å². The maximum absolute atomic E-state index is 13.6. The normalized spacial score (nSPS) is 10.2. The van der Waals surface area contributed by atoms with Crippen LogP contribution in [0.1, 0.15) is 21.6 Å². The number of carbonyl (C=O) groups is 1. The molecule has 0 aliphatic carbocycles. The SMILES string of the molecule is Cc1ccc(CNc2c(F)cccc2C(=O)O)cn1. The van der Waals surface area contributed by atoms with Crippen LogP contribution in [0.15, 0.2) is 36.5 Å². The average Bonchev–Trinajstić information content (AvgIpc) is 2.39. The second kappa shape index (κ2) is 5.48. The van der Waals surface area contributed by atoms with Gasteiger partial charge in [-0.25, -0.2) is 9.18 Å². The van der Waals surface area contributed by atoms with E-state index < -0.39 is 11.8 Å². The minimum Gasteiger partial charge on any atom is -0.478 e. The summed E-state index contributed by atoms with van der Waals surface area (Å²) in [6.07, 6.45) is 1.67. The Labute approximate surface area is 109 Å². The van der Waals surface area contributed by atoms with Crippen molar-refractivity contribution in [1.29, 1.82) is 0 Å². The van der Waals surface area contributed by atoms with Gasteiger partial charge in [-0.05, 0) is 30.7 Å². The van der Waals surface area contributed by atoms with E-state index in [9.17, 15) is 9.18 Å². The minimum atomic E-state index is -1.16. The summed E-state index contributed by atoms with van der Waals surface area (Å²) in [5.74, 6) is -1.75. The molecule has 1 aromatic carbocycles. The zero-order valence-electron chi connectivity index (χ0n) is 10.4. The lowest BCUT2D eigenvalue weighted by Gasteiger charge is -2.10. The summed E-state index contributed by atoms with van der Waals surface area (Å²) in [6.45, 7) is 2.19. The Hall–Kier alpha value is -2.43. The van der Waals surface area contributed by atoms with Crippen LogP contribution in [0.25, 0.3) is 0 Å². The van der Waals surface area contributed by atoms with Crippen molar-refractivity contribution < 1.29 is 14.3 Å². The van der Waals surface area contributed by atoms with Crippen molar-refractivity contribution in [3.63, 3.8) is 0 Å². The summed E-state index contributed by atoms with van der Waals surface area (Å²) in [4.78, 5) is 15.1. The number of aryl methyl sites for hydroxylation is 1. The minimum absolute atomic E-state index is 0.00410. The summed E-state index contributed by atoms with van der Waals surface area (Å²) < 4.78 is 13.6. The lowest BCUT2D eigenvalue weighted by atomic mass is 10.1. The maximum atomic E-state index is 13.6. The van der Waals surface area contributed by atoms with E-state index in [1.54, 1.807) is 6.20 Å². The van der Waals surface area contributed by atoms with Gasteiger partial charge in [-0.1, -0.05) is 12.1 Å². The van der Waals surface area contributed by atoms with Gasteiger partial charge in [0.2, 0.25) is 0 Å². The van der Waals surface area contributed by atoms with Gasteiger partial charge in [-0.15, -0.1) is 0 Å². The predicted octanol–water partition coefficient (Wildman–Crippen LogP) is 2.84. The summed E-state index contributed by atoms with van der Waals surface area (Å²) in [5, 5.41) is 11.8. The molecule has 0 fully saturated rings. The quantitative estimate of drug-likeness (QED) is 0.887. The average molecular weight is 260 g/mol. The van der Waals surface area contributed by atoms with Gasteiger partial charge in [0, 0.05) is 18.4 Å². The van der Waals surface area contributed by atoms with Crippen molar-refractivity contribution >= 4 is 11.7 Å². The van der Waals surface area contributed by atoms with Crippen molar-refractivity contribution in [1.82, 2.24) is 4.98 Å². The molecular weight excluding hydrogens is 247 g/mol. The van der Waals surface area contributed by atoms with Crippen LogP contribution in [0.5, 0.6) is 0 Å². The lowest BCUT2D eigenvalue weighted by Crippen LogP contribution is -2.08. The Morgan fingerprint density at radius 1 is 1.37 bits per heavy atom. The number of anilines is 1. The molecule has 0 aliphatic heterocycles. The molecule has 2 rings (SSSR count). The third kappa shape index (κ3) is 3.07. The van der Waals surface area contributed by atoms with Crippen LogP contribution in [-0.2, 0) is 6.54 Å². The molecule has 4 nitrogen and oxygen atoms in total. The highest BCUT2D eigenvalue weighted by atomic mass is 19.1. The molecule has 0 unspecified atom stereocenters. The van der Waals surface area contributed by atoms with Crippen molar-refractivity contribution in [2.24, 2.45) is 0 Å². The monoisotopic (exact) mass is 260 g/mol. The van der Waals surface area contributed by atoms with Crippen molar-refractivity contribution in [3.05, 3.63) is 59.2 Å². The number of hydrogen-bond donors (Lipinski definition) is 2. The summed E-state index contributed by atoms with van der Waals surface area (Å²) in [7, 11) is 0. The molecule has 0 spiro atoms. The van der Waals surface area contributed by atoms with Crippen molar-refractivity contribution in [2.75, 3.05) is 5.32 Å². The number of halogens is 1. The molecule has 1 heterocycles. The molecule has 1 aromatic heterocycles. The number of aromatic carboxylic acids is 1. The first-order valence-electron chi connectivity index (χ1n) is 5.75. The van der Waals surface area contributed by atoms with Crippen LogP contribution < -0.4 is 5.32 Å². The first-order valence-corrected chi connectivity index (χ1v) is 5.75. The number of carboxylic acids is 1. The molecule has 0 saturated heterocycles. The Bertz CT molecular complexity index is 597. The molecule has 0 radical (unpaired) electrons. The Morgan fingerprint density at radius 2 is 2.16 bits per heavy atom. The largest absolute Gasteiger partial charge is 0.478 e. The Balaban J connectivity index is 2.19. The van der Waals surface area contributed by atoms with Gasteiger partial charge >= 0.3 is 5.97 Å². The number of carboxylic acid groups (broad SMARTS) is 1.